The minimum absolute atomic E-state index is 0.238. The van der Waals surface area contributed by atoms with Crippen LogP contribution < -0.4 is 5.32 Å². The first-order valence-corrected chi connectivity index (χ1v) is 21.7. The van der Waals surface area contributed by atoms with E-state index in [0.717, 1.165) is 38.5 Å². The number of nitrogens with one attached hydrogen (secondary N) is 1. The first kappa shape index (κ1) is 49.6. The molecule has 0 aromatic heterocycles. The molecule has 8 unspecified atom stereocenters. The zero-order valence-corrected chi connectivity index (χ0v) is 33.3. The Hall–Kier alpha value is -1.46. The summed E-state index contributed by atoms with van der Waals surface area (Å²) in [5.41, 5.74) is 0. The van der Waals surface area contributed by atoms with Crippen molar-refractivity contribution in [1.82, 2.24) is 5.32 Å². The van der Waals surface area contributed by atoms with Gasteiger partial charge in [0.25, 0.3) is 0 Å². The number of hydrogen-bond donors (Lipinski definition) is 7. The maximum absolute atomic E-state index is 13.0. The average molecular weight is 780 g/mol. The van der Waals surface area contributed by atoms with Crippen molar-refractivity contribution < 1.29 is 57.0 Å². The van der Waals surface area contributed by atoms with Gasteiger partial charge < -0.3 is 40.3 Å². The fourth-order valence-corrected chi connectivity index (χ4v) is 6.81. The Kier molecular flexibility index (Phi) is 28.7. The first-order chi connectivity index (χ1) is 25.4. The fourth-order valence-electron chi connectivity index (χ4n) is 6.30. The number of carbonyl (C=O) groups is 1. The summed E-state index contributed by atoms with van der Waals surface area (Å²) in [5.74, 6) is -0.716. The highest BCUT2D eigenvalue weighted by Gasteiger charge is 2.48. The van der Waals surface area contributed by atoms with Gasteiger partial charge in [0.2, 0.25) is 5.91 Å². The van der Waals surface area contributed by atoms with E-state index in [1.807, 2.05) is 0 Å². The van der Waals surface area contributed by atoms with Crippen molar-refractivity contribution in [2.75, 3.05) is 13.2 Å². The van der Waals surface area contributed by atoms with E-state index < -0.39 is 78.5 Å². The summed E-state index contributed by atoms with van der Waals surface area (Å²) < 4.78 is 47.3. The molecule has 0 spiro atoms. The summed E-state index contributed by atoms with van der Waals surface area (Å²) in [4.78, 5) is 13.0. The molecule has 1 aliphatic rings. The Morgan fingerprint density at radius 3 is 1.81 bits per heavy atom. The van der Waals surface area contributed by atoms with Gasteiger partial charge in [0.1, 0.15) is 30.5 Å². The molecule has 0 aromatic rings. The zero-order chi connectivity index (χ0) is 39.3. The number of aliphatic hydroxyl groups is 5. The Balaban J connectivity index is 2.71. The van der Waals surface area contributed by atoms with Gasteiger partial charge in [0.05, 0.1) is 25.4 Å². The highest BCUT2D eigenvalue weighted by atomic mass is 32.3. The largest absolute Gasteiger partial charge is 0.397 e. The van der Waals surface area contributed by atoms with Crippen LogP contribution in [0, 0.1) is 0 Å². The van der Waals surface area contributed by atoms with Crippen LogP contribution in [-0.2, 0) is 28.9 Å². The molecule has 0 saturated carbocycles. The molecule has 0 aliphatic carbocycles. The second-order valence-electron chi connectivity index (χ2n) is 14.4. The molecule has 1 saturated heterocycles. The van der Waals surface area contributed by atoms with Gasteiger partial charge in [-0.1, -0.05) is 147 Å². The van der Waals surface area contributed by atoms with Crippen molar-refractivity contribution >= 4 is 16.3 Å². The predicted molar refractivity (Wildman–Crippen MR) is 205 cm³/mol. The van der Waals surface area contributed by atoms with Crippen molar-refractivity contribution in [2.45, 2.75) is 204 Å². The van der Waals surface area contributed by atoms with Crippen LogP contribution in [0.5, 0.6) is 0 Å². The molecule has 0 bridgehead atoms. The molecule has 1 amide bonds. The van der Waals surface area contributed by atoms with Gasteiger partial charge in [0.15, 0.2) is 6.29 Å². The average Bonchev–Trinajstić information content (AvgIpc) is 3.12. The maximum atomic E-state index is 13.0. The number of aliphatic hydroxyl groups excluding tert-OH is 5. The number of hydrogen-bond acceptors (Lipinski definition) is 11. The zero-order valence-electron chi connectivity index (χ0n) is 32.4. The van der Waals surface area contributed by atoms with Gasteiger partial charge >= 0.3 is 10.4 Å². The molecule has 14 heteroatoms. The summed E-state index contributed by atoms with van der Waals surface area (Å²) in [6, 6.07) is -1.13. The van der Waals surface area contributed by atoms with Crippen LogP contribution in [-0.4, -0.2) is 107 Å². The van der Waals surface area contributed by atoms with E-state index in [-0.39, 0.29) is 6.42 Å². The second kappa shape index (κ2) is 30.7. The van der Waals surface area contributed by atoms with E-state index >= 15 is 0 Å². The maximum Gasteiger partial charge on any atom is 0.397 e. The van der Waals surface area contributed by atoms with E-state index in [1.165, 1.54) is 89.5 Å². The normalized spacial score (nSPS) is 22.8. The third kappa shape index (κ3) is 23.9. The second-order valence-corrected chi connectivity index (χ2v) is 15.4. The van der Waals surface area contributed by atoms with Gasteiger partial charge in [-0.2, -0.15) is 8.42 Å². The lowest BCUT2D eigenvalue weighted by molar-refractivity contribution is -0.298. The van der Waals surface area contributed by atoms with Crippen LogP contribution in [0.25, 0.3) is 0 Å². The van der Waals surface area contributed by atoms with Crippen LogP contribution in [0.15, 0.2) is 24.3 Å². The highest BCUT2D eigenvalue weighted by Crippen LogP contribution is 2.26. The van der Waals surface area contributed by atoms with Gasteiger partial charge in [-0.05, 0) is 32.1 Å². The van der Waals surface area contributed by atoms with E-state index in [9.17, 15) is 38.7 Å². The number of unbranched alkanes of at least 4 members (excludes halogenated alkanes) is 18. The lowest BCUT2D eigenvalue weighted by Gasteiger charge is -2.41. The summed E-state index contributed by atoms with van der Waals surface area (Å²) in [7, 11) is -5.11. The molecule has 1 heterocycles. The van der Waals surface area contributed by atoms with Gasteiger partial charge in [-0.15, -0.1) is 0 Å². The van der Waals surface area contributed by atoms with Gasteiger partial charge in [-0.25, -0.2) is 4.18 Å². The molecule has 0 radical (unpaired) electrons. The third-order valence-electron chi connectivity index (χ3n) is 9.59. The van der Waals surface area contributed by atoms with Crippen LogP contribution in [0.4, 0.5) is 0 Å². The van der Waals surface area contributed by atoms with E-state index in [4.69, 9.17) is 14.0 Å². The van der Waals surface area contributed by atoms with Crippen LogP contribution in [0.3, 0.4) is 0 Å². The SMILES string of the molecule is CCCCCCCCCCC/C=C/CC/C=C/C(O)C(COC1OC(CO)C(O)C(OS(=O)(=O)O)C1O)NC(=O)C(O)CCCCCCCCCCC. The molecule has 1 rings (SSSR count). The summed E-state index contributed by atoms with van der Waals surface area (Å²) >= 11 is 0. The Morgan fingerprint density at radius 2 is 1.26 bits per heavy atom. The quantitative estimate of drug-likeness (QED) is 0.0248. The molecule has 7 N–H and O–H groups in total. The van der Waals surface area contributed by atoms with E-state index in [2.05, 4.69) is 35.5 Å². The molecule has 53 heavy (non-hydrogen) atoms. The topological polar surface area (TPSA) is 212 Å². The van der Waals surface area contributed by atoms with Crippen molar-refractivity contribution in [2.24, 2.45) is 0 Å². The molecule has 13 nitrogen and oxygen atoms in total. The van der Waals surface area contributed by atoms with E-state index in [0.29, 0.717) is 12.8 Å². The molecular formula is C39H73NO12S. The summed E-state index contributed by atoms with van der Waals surface area (Å²) in [6.07, 6.45) is 20.0. The third-order valence-corrected chi connectivity index (χ3v) is 10.1. The molecule has 1 aliphatic heterocycles. The van der Waals surface area contributed by atoms with E-state index in [1.54, 1.807) is 6.08 Å². The lowest BCUT2D eigenvalue weighted by Crippen LogP contribution is -2.61. The fraction of sp³-hybridized carbons (Fsp3) is 0.872. The van der Waals surface area contributed by atoms with Gasteiger partial charge in [-0.3, -0.25) is 9.35 Å². The van der Waals surface area contributed by atoms with Crippen molar-refractivity contribution in [3.63, 3.8) is 0 Å². The molecule has 1 fully saturated rings. The lowest BCUT2D eigenvalue weighted by atomic mass is 9.99. The molecule has 8 atom stereocenters. The molecule has 312 valence electrons. The number of rotatable bonds is 33. The molecular weight excluding hydrogens is 706 g/mol. The van der Waals surface area contributed by atoms with Crippen molar-refractivity contribution in [3.05, 3.63) is 24.3 Å². The first-order valence-electron chi connectivity index (χ1n) is 20.3. The number of carbonyl (C=O) groups excluding carboxylic acids is 1. The smallest absolute Gasteiger partial charge is 0.394 e. The van der Waals surface area contributed by atoms with Crippen molar-refractivity contribution in [3.8, 4) is 0 Å². The van der Waals surface area contributed by atoms with Crippen LogP contribution in [0.2, 0.25) is 0 Å². The van der Waals surface area contributed by atoms with Crippen LogP contribution >= 0.6 is 0 Å². The molecule has 0 aromatic carbocycles. The highest BCUT2D eigenvalue weighted by molar-refractivity contribution is 7.80. The number of allylic oxidation sites excluding steroid dienone is 3. The standard InChI is InChI=1S/C39H73NO12S/c1-3-5-7-9-11-13-14-15-16-17-18-20-21-23-25-27-32(42)31(40-38(46)33(43)28-26-24-22-19-12-10-8-6-4-2)30-50-39-36(45)37(52-53(47,48)49)35(44)34(29-41)51-39/h18,20,25,27,31-37,39,41-45H,3-17,19,21-24,26,28-30H2,1-2H3,(H,40,46)(H,47,48,49)/b20-18+,27-25+. The Labute approximate surface area is 319 Å². The summed E-state index contributed by atoms with van der Waals surface area (Å²) in [5, 5.41) is 54.8. The van der Waals surface area contributed by atoms with Gasteiger partial charge in [0, 0.05) is 0 Å². The number of amides is 1. The minimum atomic E-state index is -5.11. The number of ether oxygens (including phenoxy) is 2. The Bertz CT molecular complexity index is 1070. The monoisotopic (exact) mass is 779 g/mol. The minimum Gasteiger partial charge on any atom is -0.394 e. The summed E-state index contributed by atoms with van der Waals surface area (Å²) in [6.45, 7) is 3.13. The van der Waals surface area contributed by atoms with Crippen molar-refractivity contribution in [1.29, 1.82) is 0 Å². The predicted octanol–water partition coefficient (Wildman–Crippen LogP) is 5.57. The Morgan fingerprint density at radius 1 is 0.755 bits per heavy atom. The van der Waals surface area contributed by atoms with Crippen LogP contribution in [0.1, 0.15) is 155 Å².